The molecule has 0 N–H and O–H groups in total. The van der Waals surface area contributed by atoms with Crippen LogP contribution in [0.4, 0.5) is 17.1 Å². The van der Waals surface area contributed by atoms with E-state index in [4.69, 9.17) is 13.8 Å². The molecule has 0 spiro atoms. The van der Waals surface area contributed by atoms with Crippen LogP contribution in [0.25, 0.3) is 27.6 Å². The lowest BCUT2D eigenvalue weighted by molar-refractivity contribution is 0.483. The lowest BCUT2D eigenvalue weighted by atomic mass is 9.61. The largest absolute Gasteiger partial charge is 0.457 e. The quantitative estimate of drug-likeness (QED) is 0.190. The van der Waals surface area contributed by atoms with Gasteiger partial charge < -0.3 is 14.5 Å². The molecule has 5 nitrogen and oxygen atoms in total. The third-order valence-electron chi connectivity index (χ3n) is 10.8. The molecule has 4 aliphatic rings. The van der Waals surface area contributed by atoms with Gasteiger partial charge in [-0.25, -0.2) is 4.98 Å². The molecular weight excluding hydrogens is 613 g/mol. The van der Waals surface area contributed by atoms with Crippen LogP contribution in [0.1, 0.15) is 49.3 Å². The minimum absolute atomic E-state index is 0.0708. The van der Waals surface area contributed by atoms with Gasteiger partial charge in [0.2, 0.25) is 0 Å². The number of fused-ring (bicyclic) bond motifs is 4. The van der Waals surface area contributed by atoms with E-state index in [0.29, 0.717) is 17.2 Å². The van der Waals surface area contributed by atoms with Gasteiger partial charge in [0.15, 0.2) is 0 Å². The molecule has 2 aromatic heterocycles. The fourth-order valence-electron chi connectivity index (χ4n) is 8.78. The summed E-state index contributed by atoms with van der Waals surface area (Å²) in [5, 5.41) is 2.28. The summed E-state index contributed by atoms with van der Waals surface area (Å²) in [7, 11) is 0. The molecule has 0 unspecified atom stereocenters. The van der Waals surface area contributed by atoms with Crippen molar-refractivity contribution < 1.29 is 8.85 Å². The zero-order valence-electron chi connectivity index (χ0n) is 30.0. The Hall–Kier alpha value is -6.33. The minimum atomic E-state index is -2.26. The Bertz CT molecular complexity index is 2740. The molecule has 8 aromatic rings. The molecule has 3 aliphatic carbocycles. The molecule has 1 aliphatic heterocycles. The molecule has 0 saturated heterocycles. The molecule has 238 valence electrons. The van der Waals surface area contributed by atoms with Crippen molar-refractivity contribution in [2.75, 3.05) is 23.4 Å². The molecule has 2 bridgehead atoms. The van der Waals surface area contributed by atoms with Crippen LogP contribution >= 0.6 is 0 Å². The molecule has 0 amide bonds. The summed E-state index contributed by atoms with van der Waals surface area (Å²) in [4.78, 5) is 8.66. The highest BCUT2D eigenvalue weighted by Crippen LogP contribution is 2.57. The van der Waals surface area contributed by atoms with Crippen molar-refractivity contribution in [3.8, 4) is 17.3 Å². The van der Waals surface area contributed by atoms with Gasteiger partial charge >= 0.3 is 0 Å². The Kier molecular flexibility index (Phi) is 5.12. The maximum atomic E-state index is 8.13. The van der Waals surface area contributed by atoms with Gasteiger partial charge in [-0.1, -0.05) is 84.9 Å². The third kappa shape index (κ3) is 3.80. The highest BCUT2D eigenvalue weighted by molar-refractivity contribution is 6.09. The first-order valence-corrected chi connectivity index (χ1v) is 17.1. The zero-order valence-corrected chi connectivity index (χ0v) is 27.0. The van der Waals surface area contributed by atoms with Gasteiger partial charge in [-0.3, -0.25) is 4.57 Å². The molecule has 12 rings (SSSR count). The number of rotatable bonds is 4. The predicted octanol–water partition coefficient (Wildman–Crippen LogP) is 10.5. The van der Waals surface area contributed by atoms with Crippen molar-refractivity contribution in [3.05, 3.63) is 185 Å². The van der Waals surface area contributed by atoms with Gasteiger partial charge in [0, 0.05) is 63.3 Å². The molecule has 5 heteroatoms. The molecule has 0 atom stereocenters. The first-order chi connectivity index (χ1) is 25.9. The number of benzene rings is 6. The van der Waals surface area contributed by atoms with E-state index in [1.54, 1.807) is 0 Å². The van der Waals surface area contributed by atoms with Crippen LogP contribution in [0, 0.1) is 0 Å². The summed E-state index contributed by atoms with van der Waals surface area (Å²) in [6.07, 6.45) is 1.97. The van der Waals surface area contributed by atoms with E-state index < -0.39 is 6.98 Å². The Balaban J connectivity index is 1.04. The number of para-hydroxylation sites is 3. The SMILES string of the molecule is [2H]C([2H])([2H])N1CN(c2cccc(Oc3ccc4c5ccccc5n(-c5nccc6c5C5c7ccccc7C6c6ccccc65)c4c3)c2)c2ccccc21. The average molecular weight is 648 g/mol. The summed E-state index contributed by atoms with van der Waals surface area (Å²) in [5.41, 5.74) is 12.5. The summed E-state index contributed by atoms with van der Waals surface area (Å²) in [5.74, 6) is 2.53. The molecule has 0 saturated carbocycles. The van der Waals surface area contributed by atoms with E-state index in [9.17, 15) is 0 Å². The molecular formula is C45H32N4O. The summed E-state index contributed by atoms with van der Waals surface area (Å²) in [6.45, 7) is -2.04. The van der Waals surface area contributed by atoms with Gasteiger partial charge in [0.1, 0.15) is 17.3 Å². The number of nitrogens with zero attached hydrogens (tertiary/aromatic N) is 4. The number of anilines is 3. The zero-order chi connectivity index (χ0) is 35.4. The van der Waals surface area contributed by atoms with Crippen LogP contribution in [0.2, 0.25) is 0 Å². The van der Waals surface area contributed by atoms with Gasteiger partial charge in [-0.2, -0.15) is 0 Å². The minimum Gasteiger partial charge on any atom is -0.457 e. The monoisotopic (exact) mass is 647 g/mol. The van der Waals surface area contributed by atoms with E-state index in [0.717, 1.165) is 39.0 Å². The molecule has 0 radical (unpaired) electrons. The standard InChI is InChI=1S/C45H32N4O/c1-47-27-48(40-20-9-8-19-39(40)47)28-11-10-12-29(25-28)50-30-21-22-32-31-13-6-7-18-38(31)49(41(32)26-30)45-44-37(23-24-46-45)42-33-14-2-4-16-35(33)43(44)36-17-5-3-15-34(36)42/h2-26,42-43H,27H2,1H3/i1D3. The topological polar surface area (TPSA) is 33.5 Å². The van der Waals surface area contributed by atoms with Crippen molar-refractivity contribution >= 4 is 38.9 Å². The highest BCUT2D eigenvalue weighted by atomic mass is 16.5. The molecule has 3 heterocycles. The van der Waals surface area contributed by atoms with E-state index in [-0.39, 0.29) is 18.5 Å². The van der Waals surface area contributed by atoms with Crippen LogP contribution in [0.3, 0.4) is 0 Å². The summed E-state index contributed by atoms with van der Waals surface area (Å²) >= 11 is 0. The van der Waals surface area contributed by atoms with Crippen molar-refractivity contribution in [1.82, 2.24) is 9.55 Å². The summed E-state index contributed by atoms with van der Waals surface area (Å²) < 4.78 is 33.3. The third-order valence-corrected chi connectivity index (χ3v) is 10.8. The number of hydrogen-bond acceptors (Lipinski definition) is 4. The van der Waals surface area contributed by atoms with Crippen molar-refractivity contribution in [2.24, 2.45) is 0 Å². The Morgan fingerprint density at radius 1 is 0.600 bits per heavy atom. The maximum Gasteiger partial charge on any atom is 0.142 e. The lowest BCUT2D eigenvalue weighted by Crippen LogP contribution is -2.29. The number of hydrogen-bond donors (Lipinski definition) is 0. The van der Waals surface area contributed by atoms with Crippen LogP contribution in [0.15, 0.2) is 152 Å². The van der Waals surface area contributed by atoms with E-state index in [1.807, 2.05) is 65.7 Å². The number of pyridine rings is 1. The van der Waals surface area contributed by atoms with Crippen molar-refractivity contribution in [2.45, 2.75) is 11.8 Å². The second kappa shape index (κ2) is 10.3. The Morgan fingerprint density at radius 2 is 1.28 bits per heavy atom. The van der Waals surface area contributed by atoms with Crippen LogP contribution in [-0.4, -0.2) is 23.2 Å². The maximum absolute atomic E-state index is 8.13. The first-order valence-electron chi connectivity index (χ1n) is 18.6. The van der Waals surface area contributed by atoms with Gasteiger partial charge in [-0.05, 0) is 76.3 Å². The highest BCUT2D eigenvalue weighted by Gasteiger charge is 2.43. The average Bonchev–Trinajstić information content (AvgIpc) is 3.74. The number of aromatic nitrogens is 2. The normalized spacial score (nSPS) is 17.9. The van der Waals surface area contributed by atoms with E-state index >= 15 is 0 Å². The van der Waals surface area contributed by atoms with Crippen molar-refractivity contribution in [1.29, 1.82) is 0 Å². The predicted molar refractivity (Wildman–Crippen MR) is 202 cm³/mol. The van der Waals surface area contributed by atoms with Crippen molar-refractivity contribution in [3.63, 3.8) is 0 Å². The second-order valence-electron chi connectivity index (χ2n) is 13.4. The van der Waals surface area contributed by atoms with E-state index in [2.05, 4.69) is 95.6 Å². The van der Waals surface area contributed by atoms with Gasteiger partial charge in [0.25, 0.3) is 0 Å². The van der Waals surface area contributed by atoms with Gasteiger partial charge in [-0.15, -0.1) is 0 Å². The number of ether oxygens (including phenoxy) is 1. The van der Waals surface area contributed by atoms with Crippen LogP contribution < -0.4 is 14.5 Å². The fourth-order valence-corrected chi connectivity index (χ4v) is 8.78. The van der Waals surface area contributed by atoms with E-state index in [1.165, 1.54) is 38.3 Å². The first kappa shape index (κ1) is 24.8. The smallest absolute Gasteiger partial charge is 0.142 e. The van der Waals surface area contributed by atoms with Crippen LogP contribution in [0.5, 0.6) is 11.5 Å². The molecule has 0 fully saturated rings. The molecule has 50 heavy (non-hydrogen) atoms. The Labute approximate surface area is 294 Å². The Morgan fingerprint density at radius 3 is 2.08 bits per heavy atom. The molecule has 6 aromatic carbocycles. The summed E-state index contributed by atoms with van der Waals surface area (Å²) in [6, 6.07) is 50.3. The second-order valence-corrected chi connectivity index (χ2v) is 13.4. The van der Waals surface area contributed by atoms with Crippen LogP contribution in [-0.2, 0) is 0 Å². The lowest BCUT2D eigenvalue weighted by Gasteiger charge is -2.42. The fraction of sp³-hybridized carbons (Fsp3) is 0.0889. The van der Waals surface area contributed by atoms with Gasteiger partial charge in [0.05, 0.1) is 29.1 Å².